The molecule has 0 atom stereocenters. The summed E-state index contributed by atoms with van der Waals surface area (Å²) in [7, 11) is 11.4. The standard InChI is InChI=1S/C9H11N.CH3.2ClH.Ru/c1-3-5-9-7-4-6-8(2)10-9;;;;/h1,4,6-7H,3,5H2,2H3;1H3;2*1H;/q;-1;;;+2/p-2. The minimum atomic E-state index is -1.57. The molecule has 0 radical (unpaired) electrons. The predicted octanol–water partition coefficient (Wildman–Crippen LogP) is 3.50. The van der Waals surface area contributed by atoms with Gasteiger partial charge in [0.05, 0.1) is 0 Å². The molecule has 0 spiro atoms. The largest absolute Gasteiger partial charge is 0.358 e. The number of halogens is 2. The summed E-state index contributed by atoms with van der Waals surface area (Å²) in [6.07, 6.45) is 1.87. The van der Waals surface area contributed by atoms with Gasteiger partial charge in [-0.1, -0.05) is 0 Å². The summed E-state index contributed by atoms with van der Waals surface area (Å²) in [5, 5.41) is 0. The van der Waals surface area contributed by atoms with Gasteiger partial charge in [0.25, 0.3) is 0 Å². The van der Waals surface area contributed by atoms with Gasteiger partial charge in [0.15, 0.2) is 0 Å². The molecular weight excluding hydrogens is 306 g/mol. The van der Waals surface area contributed by atoms with E-state index in [1.807, 2.05) is 29.7 Å². The fraction of sp³-hybridized carbons (Fsp3) is 0.300. The maximum Gasteiger partial charge on any atom is -0.358 e. The molecule has 0 N–H and O–H groups in total. The van der Waals surface area contributed by atoms with E-state index < -0.39 is 13.5 Å². The average molecular weight is 320 g/mol. The second-order valence-corrected chi connectivity index (χ2v) is 8.59. The summed E-state index contributed by atoms with van der Waals surface area (Å²) >= 11 is -1.57. The molecule has 0 aliphatic heterocycles. The topological polar surface area (TPSA) is 12.9 Å². The Hall–Kier alpha value is 0.223. The average Bonchev–Trinajstić information content (AvgIpc) is 2.03. The number of hydrogen-bond donors (Lipinski definition) is 0. The summed E-state index contributed by atoms with van der Waals surface area (Å²) in [5.74, 6) is 0. The number of aryl methyl sites for hydroxylation is 2. The first-order valence-electron chi connectivity index (χ1n) is 3.92. The van der Waals surface area contributed by atoms with E-state index in [1.54, 1.807) is 0 Å². The van der Waals surface area contributed by atoms with Gasteiger partial charge in [0.1, 0.15) is 0 Å². The smallest absolute Gasteiger partial charge is 0.358 e. The SMILES string of the molecule is Cc1cccc(CC[CH]=[Ru]([Cl])[Cl])n1.[CH3-]. The quantitative estimate of drug-likeness (QED) is 0.614. The van der Waals surface area contributed by atoms with Crippen LogP contribution in [0.15, 0.2) is 18.2 Å². The minimum Gasteiger partial charge on any atom is -0.358 e. The van der Waals surface area contributed by atoms with Crippen LogP contribution in [0.1, 0.15) is 17.8 Å². The van der Waals surface area contributed by atoms with Gasteiger partial charge in [0, 0.05) is 0 Å². The van der Waals surface area contributed by atoms with Crippen LogP contribution in [-0.2, 0) is 19.9 Å². The number of pyridine rings is 1. The Kier molecular flexibility index (Phi) is 7.63. The van der Waals surface area contributed by atoms with Crippen LogP contribution in [-0.4, -0.2) is 9.59 Å². The van der Waals surface area contributed by atoms with Crippen LogP contribution in [0.5, 0.6) is 0 Å². The van der Waals surface area contributed by atoms with Crippen molar-refractivity contribution in [2.24, 2.45) is 0 Å². The van der Waals surface area contributed by atoms with E-state index in [0.29, 0.717) is 0 Å². The number of aromatic nitrogens is 1. The third kappa shape index (κ3) is 5.85. The molecule has 0 bridgehead atoms. The fourth-order valence-corrected chi connectivity index (χ4v) is 2.56. The van der Waals surface area contributed by atoms with Crippen molar-refractivity contribution in [3.8, 4) is 0 Å². The maximum atomic E-state index is 5.71. The van der Waals surface area contributed by atoms with Crippen molar-refractivity contribution in [1.29, 1.82) is 0 Å². The van der Waals surface area contributed by atoms with E-state index in [1.165, 1.54) is 0 Å². The molecule has 0 aliphatic rings. The Morgan fingerprint density at radius 1 is 1.43 bits per heavy atom. The van der Waals surface area contributed by atoms with Crippen LogP contribution >= 0.6 is 19.4 Å². The van der Waals surface area contributed by atoms with Gasteiger partial charge >= 0.3 is 91.8 Å². The van der Waals surface area contributed by atoms with Crippen molar-refractivity contribution in [3.05, 3.63) is 37.0 Å². The van der Waals surface area contributed by atoms with Crippen LogP contribution in [0.3, 0.4) is 0 Å². The molecule has 0 aromatic carbocycles. The molecule has 0 fully saturated rings. The monoisotopic (exact) mass is 320 g/mol. The molecule has 82 valence electrons. The third-order valence-electron chi connectivity index (χ3n) is 1.56. The normalized spacial score (nSPS) is 10.4. The van der Waals surface area contributed by atoms with Crippen molar-refractivity contribution < 1.29 is 13.5 Å². The molecule has 14 heavy (non-hydrogen) atoms. The van der Waals surface area contributed by atoms with E-state index in [-0.39, 0.29) is 7.43 Å². The van der Waals surface area contributed by atoms with E-state index in [2.05, 4.69) is 4.98 Å². The molecule has 0 aliphatic carbocycles. The number of rotatable bonds is 3. The Bertz CT molecular complexity index is 309. The first kappa shape index (κ1) is 14.2. The minimum absolute atomic E-state index is 0. The van der Waals surface area contributed by atoms with Crippen LogP contribution < -0.4 is 0 Å². The van der Waals surface area contributed by atoms with E-state index in [0.717, 1.165) is 24.2 Å². The Balaban J connectivity index is 0.00000169. The molecule has 4 heteroatoms. The van der Waals surface area contributed by atoms with Crippen molar-refractivity contribution in [3.63, 3.8) is 0 Å². The Morgan fingerprint density at radius 3 is 2.71 bits per heavy atom. The van der Waals surface area contributed by atoms with Gasteiger partial charge in [-0.25, -0.2) is 0 Å². The Labute approximate surface area is 99.0 Å². The second-order valence-electron chi connectivity index (χ2n) is 2.66. The van der Waals surface area contributed by atoms with E-state index >= 15 is 0 Å². The van der Waals surface area contributed by atoms with Gasteiger partial charge in [-0.2, -0.15) is 0 Å². The number of nitrogens with zero attached hydrogens (tertiary/aromatic N) is 1. The molecule has 0 saturated heterocycles. The first-order chi connectivity index (χ1) is 6.18. The van der Waals surface area contributed by atoms with Crippen molar-refractivity contribution in [2.45, 2.75) is 19.8 Å². The predicted molar refractivity (Wildman–Crippen MR) is 61.5 cm³/mol. The molecule has 0 saturated carbocycles. The van der Waals surface area contributed by atoms with Crippen LogP contribution in [0.2, 0.25) is 0 Å². The summed E-state index contributed by atoms with van der Waals surface area (Å²) in [5.41, 5.74) is 2.17. The molecule has 0 amide bonds. The molecule has 1 aromatic rings. The Morgan fingerprint density at radius 2 is 2.14 bits per heavy atom. The van der Waals surface area contributed by atoms with Gasteiger partial charge in [-0.3, -0.25) is 0 Å². The molecule has 1 aromatic heterocycles. The van der Waals surface area contributed by atoms with Gasteiger partial charge in [-0.15, -0.1) is 0 Å². The molecule has 1 rings (SSSR count). The van der Waals surface area contributed by atoms with E-state index in [9.17, 15) is 0 Å². The molecule has 0 unspecified atom stereocenters. The summed E-state index contributed by atoms with van der Waals surface area (Å²) in [6, 6.07) is 6.04. The number of hydrogen-bond acceptors (Lipinski definition) is 1. The zero-order chi connectivity index (χ0) is 9.68. The van der Waals surface area contributed by atoms with Crippen LogP contribution in [0.25, 0.3) is 0 Å². The van der Waals surface area contributed by atoms with Crippen LogP contribution in [0, 0.1) is 14.4 Å². The van der Waals surface area contributed by atoms with Crippen molar-refractivity contribution in [2.75, 3.05) is 0 Å². The van der Waals surface area contributed by atoms with E-state index in [4.69, 9.17) is 19.4 Å². The second kappa shape index (κ2) is 7.51. The molecule has 1 nitrogen and oxygen atoms in total. The fourth-order valence-electron chi connectivity index (χ4n) is 1.01. The van der Waals surface area contributed by atoms with Crippen molar-refractivity contribution >= 4 is 24.0 Å². The zero-order valence-corrected chi connectivity index (χ0v) is 11.5. The summed E-state index contributed by atoms with van der Waals surface area (Å²) < 4.78 is 2.01. The summed E-state index contributed by atoms with van der Waals surface area (Å²) in [4.78, 5) is 4.38. The zero-order valence-electron chi connectivity index (χ0n) is 8.28. The van der Waals surface area contributed by atoms with Crippen LogP contribution in [0.4, 0.5) is 0 Å². The molecule has 1 heterocycles. The van der Waals surface area contributed by atoms with Gasteiger partial charge < -0.3 is 7.43 Å². The summed E-state index contributed by atoms with van der Waals surface area (Å²) in [6.45, 7) is 1.99. The van der Waals surface area contributed by atoms with Crippen molar-refractivity contribution in [1.82, 2.24) is 4.98 Å². The third-order valence-corrected chi connectivity index (χ3v) is 3.89. The van der Waals surface area contributed by atoms with Gasteiger partial charge in [-0.05, 0) is 0 Å². The molecular formula is C10H14Cl2NRu-. The van der Waals surface area contributed by atoms with Gasteiger partial charge in [0.2, 0.25) is 0 Å². The maximum absolute atomic E-state index is 5.71. The first-order valence-corrected chi connectivity index (χ1v) is 9.40.